The lowest BCUT2D eigenvalue weighted by Crippen LogP contribution is -2.34. The molecule has 11 nitrogen and oxygen atoms in total. The Kier molecular flexibility index (Phi) is 39.6. The van der Waals surface area contributed by atoms with Crippen LogP contribution in [0.4, 0.5) is 0 Å². The third-order valence-corrected chi connectivity index (χ3v) is 9.78. The van der Waals surface area contributed by atoms with Crippen LogP contribution in [0, 0.1) is 0 Å². The predicted octanol–water partition coefficient (Wildman–Crippen LogP) is 12.1. The van der Waals surface area contributed by atoms with Gasteiger partial charge in [0, 0.05) is 12.8 Å². The highest BCUT2D eigenvalue weighted by Gasteiger charge is 2.28. The maximum absolute atomic E-state index is 12.6. The van der Waals surface area contributed by atoms with Gasteiger partial charge in [0.15, 0.2) is 6.10 Å². The summed E-state index contributed by atoms with van der Waals surface area (Å²) < 4.78 is 32.6. The van der Waals surface area contributed by atoms with Gasteiger partial charge in [-0.2, -0.15) is 0 Å². The number of aliphatic carboxylic acids is 1. The van der Waals surface area contributed by atoms with Crippen LogP contribution >= 0.6 is 7.82 Å². The van der Waals surface area contributed by atoms with E-state index in [9.17, 15) is 23.8 Å². The van der Waals surface area contributed by atoms with Gasteiger partial charge in [0.1, 0.15) is 12.6 Å². The van der Waals surface area contributed by atoms with Crippen molar-refractivity contribution in [1.29, 1.82) is 0 Å². The SMILES string of the molecule is CC/C=C\C/C=C\C/C=C\C/C=C\C/C=C\C/C=C\CCC(=O)OC[C@H](COP(=O)(O)OC[C@H](N)C(=O)O)OC(=O)CCCCCCCCC/C=C\C/C=C\CCCCC. The van der Waals surface area contributed by atoms with Crippen molar-refractivity contribution in [3.63, 3.8) is 0 Å². The molecule has 0 radical (unpaired) electrons. The molecule has 0 aromatic carbocycles. The average Bonchev–Trinajstić information content (AvgIpc) is 3.22. The number of carboxylic acids is 1. The van der Waals surface area contributed by atoms with E-state index in [1.54, 1.807) is 0 Å². The van der Waals surface area contributed by atoms with E-state index < -0.39 is 57.7 Å². The van der Waals surface area contributed by atoms with Crippen molar-refractivity contribution in [2.45, 2.75) is 167 Å². The standard InChI is InChI=1S/C48H78NO10P/c1-3-5-7-9-11-13-15-17-19-21-22-24-25-27-29-31-33-35-37-39-46(50)56-41-44(42-57-60(54,55)58-43-45(49)48(52)53)59-47(51)40-38-36-34-32-30-28-26-23-20-18-16-14-12-10-8-6-4-2/h5,7,11-14,17-20,22,24,27,29,33,35,44-45H,3-4,6,8-10,15-16,21,23,25-26,28,30-32,34,36-43,49H2,1-2H3,(H,52,53)(H,54,55)/b7-5-,13-11-,14-12-,19-17-,20-18-,24-22-,29-27-,35-33-/t44-,45+/m1/s1. The molecule has 0 aromatic rings. The third kappa shape index (κ3) is 41.1. The first-order chi connectivity index (χ1) is 29.1. The van der Waals surface area contributed by atoms with Gasteiger partial charge in [-0.05, 0) is 83.5 Å². The Labute approximate surface area is 362 Å². The summed E-state index contributed by atoms with van der Waals surface area (Å²) in [6.45, 7) is 2.56. The molecule has 0 rings (SSSR count). The molecule has 340 valence electrons. The Morgan fingerprint density at radius 3 is 1.47 bits per heavy atom. The average molecular weight is 860 g/mol. The minimum absolute atomic E-state index is 0.0892. The molecule has 60 heavy (non-hydrogen) atoms. The Balaban J connectivity index is 4.50. The monoisotopic (exact) mass is 860 g/mol. The van der Waals surface area contributed by atoms with E-state index in [0.29, 0.717) is 12.8 Å². The predicted molar refractivity (Wildman–Crippen MR) is 244 cm³/mol. The molecule has 0 fully saturated rings. The van der Waals surface area contributed by atoms with Gasteiger partial charge in [0.2, 0.25) is 0 Å². The molecule has 0 aliphatic carbocycles. The van der Waals surface area contributed by atoms with Crippen LogP contribution < -0.4 is 5.73 Å². The van der Waals surface area contributed by atoms with Crippen LogP contribution in [0.25, 0.3) is 0 Å². The molecule has 0 saturated carbocycles. The van der Waals surface area contributed by atoms with Crippen LogP contribution in [0.5, 0.6) is 0 Å². The number of ether oxygens (including phenoxy) is 2. The number of carbonyl (C=O) groups excluding carboxylic acids is 2. The van der Waals surface area contributed by atoms with E-state index in [0.717, 1.165) is 83.5 Å². The van der Waals surface area contributed by atoms with E-state index in [-0.39, 0.29) is 12.8 Å². The van der Waals surface area contributed by atoms with Crippen molar-refractivity contribution in [1.82, 2.24) is 0 Å². The summed E-state index contributed by atoms with van der Waals surface area (Å²) in [5, 5.41) is 8.89. The summed E-state index contributed by atoms with van der Waals surface area (Å²) in [4.78, 5) is 46.0. The van der Waals surface area contributed by atoms with Gasteiger partial charge < -0.3 is 25.2 Å². The molecular weight excluding hydrogens is 781 g/mol. The molecular formula is C48H78NO10P. The Morgan fingerprint density at radius 2 is 0.967 bits per heavy atom. The number of esters is 2. The van der Waals surface area contributed by atoms with Gasteiger partial charge in [-0.1, -0.05) is 156 Å². The van der Waals surface area contributed by atoms with Gasteiger partial charge in [-0.25, -0.2) is 4.57 Å². The van der Waals surface area contributed by atoms with Crippen molar-refractivity contribution in [3.8, 4) is 0 Å². The molecule has 1 unspecified atom stereocenters. The number of allylic oxidation sites excluding steroid dienone is 16. The van der Waals surface area contributed by atoms with Crippen LogP contribution in [0.2, 0.25) is 0 Å². The highest BCUT2D eigenvalue weighted by Crippen LogP contribution is 2.43. The van der Waals surface area contributed by atoms with Crippen molar-refractivity contribution in [2.24, 2.45) is 5.73 Å². The minimum atomic E-state index is -4.74. The minimum Gasteiger partial charge on any atom is -0.480 e. The van der Waals surface area contributed by atoms with Gasteiger partial charge in [0.05, 0.1) is 13.2 Å². The fourth-order valence-corrected chi connectivity index (χ4v) is 6.13. The zero-order valence-electron chi connectivity index (χ0n) is 36.8. The number of unbranched alkanes of at least 4 members (excludes halogenated alkanes) is 10. The molecule has 0 heterocycles. The summed E-state index contributed by atoms with van der Waals surface area (Å²) >= 11 is 0. The second kappa shape index (κ2) is 42.1. The maximum Gasteiger partial charge on any atom is 0.472 e. The number of rotatable bonds is 40. The molecule has 3 atom stereocenters. The van der Waals surface area contributed by atoms with E-state index in [1.165, 1.54) is 32.1 Å². The van der Waals surface area contributed by atoms with Gasteiger partial charge in [-0.15, -0.1) is 0 Å². The summed E-state index contributed by atoms with van der Waals surface area (Å²) in [6, 6.07) is -1.54. The Morgan fingerprint density at radius 1 is 0.533 bits per heavy atom. The van der Waals surface area contributed by atoms with Crippen LogP contribution in [-0.2, 0) is 37.5 Å². The van der Waals surface area contributed by atoms with Crippen molar-refractivity contribution >= 4 is 25.7 Å². The molecule has 12 heteroatoms. The smallest absolute Gasteiger partial charge is 0.472 e. The number of nitrogens with two attached hydrogens (primary N) is 1. The van der Waals surface area contributed by atoms with Crippen LogP contribution in [-0.4, -0.2) is 59.9 Å². The molecule has 0 aliphatic rings. The lowest BCUT2D eigenvalue weighted by molar-refractivity contribution is -0.161. The van der Waals surface area contributed by atoms with Crippen molar-refractivity contribution in [3.05, 3.63) is 97.2 Å². The lowest BCUT2D eigenvalue weighted by atomic mass is 10.1. The molecule has 0 spiro atoms. The maximum atomic E-state index is 12.6. The van der Waals surface area contributed by atoms with Gasteiger partial charge in [0.25, 0.3) is 0 Å². The zero-order valence-corrected chi connectivity index (χ0v) is 37.6. The molecule has 0 saturated heterocycles. The second-order valence-corrected chi connectivity index (χ2v) is 15.9. The topological polar surface area (TPSA) is 172 Å². The molecule has 0 aliphatic heterocycles. The second-order valence-electron chi connectivity index (χ2n) is 14.4. The van der Waals surface area contributed by atoms with Gasteiger partial charge >= 0.3 is 25.7 Å². The first kappa shape index (κ1) is 56.4. The third-order valence-electron chi connectivity index (χ3n) is 8.83. The van der Waals surface area contributed by atoms with Crippen LogP contribution in [0.1, 0.15) is 155 Å². The van der Waals surface area contributed by atoms with Crippen molar-refractivity contribution < 1.29 is 47.5 Å². The Hall–Kier alpha value is -3.60. The van der Waals surface area contributed by atoms with E-state index in [4.69, 9.17) is 24.8 Å². The van der Waals surface area contributed by atoms with E-state index in [2.05, 4.69) is 103 Å². The quantitative estimate of drug-likeness (QED) is 0.0232. The number of carbonyl (C=O) groups is 3. The molecule has 4 N–H and O–H groups in total. The zero-order chi connectivity index (χ0) is 44.2. The Bertz CT molecular complexity index is 1380. The van der Waals surface area contributed by atoms with E-state index in [1.807, 2.05) is 12.2 Å². The lowest BCUT2D eigenvalue weighted by Gasteiger charge is -2.20. The highest BCUT2D eigenvalue weighted by molar-refractivity contribution is 7.47. The number of phosphoric ester groups is 1. The molecule has 0 bridgehead atoms. The van der Waals surface area contributed by atoms with Crippen molar-refractivity contribution in [2.75, 3.05) is 19.8 Å². The van der Waals surface area contributed by atoms with Gasteiger partial charge in [-0.3, -0.25) is 23.4 Å². The fourth-order valence-electron chi connectivity index (χ4n) is 5.35. The number of carboxylic acid groups (broad SMARTS) is 1. The number of phosphoric acid groups is 1. The molecule has 0 amide bonds. The summed E-state index contributed by atoms with van der Waals surface area (Å²) in [7, 11) is -4.74. The van der Waals surface area contributed by atoms with Crippen LogP contribution in [0.3, 0.4) is 0 Å². The number of hydrogen-bond acceptors (Lipinski definition) is 9. The van der Waals surface area contributed by atoms with E-state index >= 15 is 0 Å². The largest absolute Gasteiger partial charge is 0.480 e. The fraction of sp³-hybridized carbons (Fsp3) is 0.604. The first-order valence-corrected chi connectivity index (χ1v) is 23.8. The normalized spacial score (nSPS) is 14.6. The first-order valence-electron chi connectivity index (χ1n) is 22.3. The summed E-state index contributed by atoms with van der Waals surface area (Å²) in [5.41, 5.74) is 5.33. The number of hydrogen-bond donors (Lipinski definition) is 3. The van der Waals surface area contributed by atoms with Crippen LogP contribution in [0.15, 0.2) is 97.2 Å². The highest BCUT2D eigenvalue weighted by atomic mass is 31.2. The summed E-state index contributed by atoms with van der Waals surface area (Å²) in [6.07, 6.45) is 53.4. The summed E-state index contributed by atoms with van der Waals surface area (Å²) in [5.74, 6) is -2.51. The molecule has 0 aromatic heterocycles.